The van der Waals surface area contributed by atoms with Gasteiger partial charge in [0.25, 0.3) is 0 Å². The van der Waals surface area contributed by atoms with Crippen LogP contribution in [0.25, 0.3) is 0 Å². The Labute approximate surface area is 109 Å². The van der Waals surface area contributed by atoms with Gasteiger partial charge in [0, 0.05) is 30.4 Å². The monoisotopic (exact) mass is 264 g/mol. The number of rotatable bonds is 4. The summed E-state index contributed by atoms with van der Waals surface area (Å²) < 4.78 is 26.1. The number of nitrogens with zero attached hydrogens (tertiary/aromatic N) is 1. The van der Waals surface area contributed by atoms with Gasteiger partial charge >= 0.3 is 0 Å². The Hall–Kier alpha value is -2.01. The number of aromatic hydroxyl groups is 1. The van der Waals surface area contributed by atoms with Crippen molar-refractivity contribution >= 4 is 0 Å². The molecule has 0 aliphatic rings. The summed E-state index contributed by atoms with van der Waals surface area (Å²) in [5, 5.41) is 12.6. The number of nitrogens with one attached hydrogen (secondary N) is 1. The number of aryl methyl sites for hydroxylation is 1. The van der Waals surface area contributed by atoms with E-state index in [0.29, 0.717) is 17.8 Å². The average molecular weight is 264 g/mol. The molecule has 0 spiro atoms. The maximum absolute atomic E-state index is 13.4. The quantitative estimate of drug-likeness (QED) is 0.892. The summed E-state index contributed by atoms with van der Waals surface area (Å²) in [6.45, 7) is 2.37. The highest BCUT2D eigenvalue weighted by Gasteiger charge is 2.05. The van der Waals surface area contributed by atoms with Crippen molar-refractivity contribution in [2.45, 2.75) is 20.0 Å². The van der Waals surface area contributed by atoms with Crippen LogP contribution in [-0.4, -0.2) is 10.1 Å². The van der Waals surface area contributed by atoms with Gasteiger partial charge in [0.1, 0.15) is 17.4 Å². The van der Waals surface area contributed by atoms with Crippen LogP contribution >= 0.6 is 0 Å². The first kappa shape index (κ1) is 13.4. The minimum atomic E-state index is -0.598. The molecule has 100 valence electrons. The third-order valence-corrected chi connectivity index (χ3v) is 2.71. The molecule has 1 aromatic carbocycles. The van der Waals surface area contributed by atoms with Gasteiger partial charge < -0.3 is 10.4 Å². The van der Waals surface area contributed by atoms with Crippen LogP contribution in [0.4, 0.5) is 8.78 Å². The minimum Gasteiger partial charge on any atom is -0.506 e. The first-order valence-corrected chi connectivity index (χ1v) is 5.86. The van der Waals surface area contributed by atoms with E-state index in [4.69, 9.17) is 0 Å². The molecule has 3 nitrogen and oxygen atoms in total. The van der Waals surface area contributed by atoms with Crippen LogP contribution in [0.5, 0.6) is 5.75 Å². The summed E-state index contributed by atoms with van der Waals surface area (Å²) in [5.41, 5.74) is 1.67. The fraction of sp³-hybridized carbons (Fsp3) is 0.214. The van der Waals surface area contributed by atoms with Gasteiger partial charge in [0.2, 0.25) is 0 Å². The molecule has 0 bridgehead atoms. The molecule has 1 aromatic heterocycles. The van der Waals surface area contributed by atoms with Gasteiger partial charge in [-0.15, -0.1) is 0 Å². The Kier molecular flexibility index (Phi) is 4.06. The molecule has 2 N–H and O–H groups in total. The largest absolute Gasteiger partial charge is 0.506 e. The predicted octanol–water partition coefficient (Wildman–Crippen LogP) is 2.66. The Balaban J connectivity index is 1.98. The highest BCUT2D eigenvalue weighted by Crippen LogP contribution is 2.15. The number of hydrogen-bond donors (Lipinski definition) is 2. The van der Waals surface area contributed by atoms with Crippen LogP contribution in [-0.2, 0) is 13.1 Å². The predicted molar refractivity (Wildman–Crippen MR) is 67.5 cm³/mol. The van der Waals surface area contributed by atoms with Crippen molar-refractivity contribution in [3.8, 4) is 5.75 Å². The third kappa shape index (κ3) is 3.48. The zero-order valence-electron chi connectivity index (χ0n) is 10.5. The van der Waals surface area contributed by atoms with Gasteiger partial charge in [0.05, 0.1) is 5.69 Å². The minimum absolute atomic E-state index is 0.0951. The van der Waals surface area contributed by atoms with Crippen LogP contribution in [0, 0.1) is 18.6 Å². The van der Waals surface area contributed by atoms with E-state index in [-0.39, 0.29) is 12.3 Å². The van der Waals surface area contributed by atoms with E-state index >= 15 is 0 Å². The maximum atomic E-state index is 13.4. The molecule has 2 rings (SSSR count). The fourth-order valence-electron chi connectivity index (χ4n) is 1.71. The Bertz CT molecular complexity index is 588. The van der Waals surface area contributed by atoms with Crippen LogP contribution in [0.15, 0.2) is 30.3 Å². The van der Waals surface area contributed by atoms with E-state index in [9.17, 15) is 13.9 Å². The van der Waals surface area contributed by atoms with Gasteiger partial charge in [-0.3, -0.25) is 4.98 Å². The van der Waals surface area contributed by atoms with Gasteiger partial charge in [-0.25, -0.2) is 8.78 Å². The summed E-state index contributed by atoms with van der Waals surface area (Å²) in [6, 6.07) is 6.72. The van der Waals surface area contributed by atoms with E-state index in [1.165, 1.54) is 12.1 Å². The molecule has 0 fully saturated rings. The first-order valence-electron chi connectivity index (χ1n) is 5.86. The number of pyridine rings is 1. The number of hydrogen-bond acceptors (Lipinski definition) is 3. The normalized spacial score (nSPS) is 10.7. The van der Waals surface area contributed by atoms with Crippen molar-refractivity contribution in [3.05, 3.63) is 58.9 Å². The molecule has 2 aromatic rings. The molecule has 0 aliphatic heterocycles. The molecule has 0 unspecified atom stereocenters. The van der Waals surface area contributed by atoms with E-state index in [1.807, 2.05) is 6.92 Å². The zero-order valence-corrected chi connectivity index (χ0v) is 10.5. The third-order valence-electron chi connectivity index (χ3n) is 2.71. The molecule has 0 aliphatic carbocycles. The fourth-order valence-corrected chi connectivity index (χ4v) is 1.71. The Morgan fingerprint density at radius 2 is 1.95 bits per heavy atom. The van der Waals surface area contributed by atoms with Crippen molar-refractivity contribution in [1.29, 1.82) is 0 Å². The van der Waals surface area contributed by atoms with Gasteiger partial charge in [-0.2, -0.15) is 0 Å². The van der Waals surface area contributed by atoms with Crippen molar-refractivity contribution < 1.29 is 13.9 Å². The smallest absolute Gasteiger partial charge is 0.138 e. The molecule has 5 heteroatoms. The molecule has 0 saturated heterocycles. The van der Waals surface area contributed by atoms with E-state index in [1.54, 1.807) is 12.1 Å². The lowest BCUT2D eigenvalue weighted by Gasteiger charge is -2.08. The Morgan fingerprint density at radius 3 is 2.68 bits per heavy atom. The molecule has 0 amide bonds. The van der Waals surface area contributed by atoms with Crippen molar-refractivity contribution in [2.75, 3.05) is 0 Å². The van der Waals surface area contributed by atoms with E-state index < -0.39 is 11.6 Å². The van der Waals surface area contributed by atoms with Crippen molar-refractivity contribution in [1.82, 2.24) is 10.3 Å². The number of aromatic nitrogens is 1. The SMILES string of the molecule is Cc1ccc(O)c(CNCc2ccc(F)cc2F)n1. The van der Waals surface area contributed by atoms with Gasteiger partial charge in [-0.1, -0.05) is 6.07 Å². The lowest BCUT2D eigenvalue weighted by molar-refractivity contribution is 0.458. The summed E-state index contributed by atoms with van der Waals surface area (Å²) in [6.07, 6.45) is 0. The average Bonchev–Trinajstić information content (AvgIpc) is 2.36. The van der Waals surface area contributed by atoms with Crippen LogP contribution in [0.1, 0.15) is 17.0 Å². The maximum Gasteiger partial charge on any atom is 0.138 e. The zero-order chi connectivity index (χ0) is 13.8. The lowest BCUT2D eigenvalue weighted by Crippen LogP contribution is -2.15. The Morgan fingerprint density at radius 1 is 1.16 bits per heavy atom. The first-order chi connectivity index (χ1) is 9.06. The van der Waals surface area contributed by atoms with Crippen LogP contribution in [0.2, 0.25) is 0 Å². The van der Waals surface area contributed by atoms with E-state index in [2.05, 4.69) is 10.3 Å². The number of halogens is 2. The molecule has 0 radical (unpaired) electrons. The second-order valence-electron chi connectivity index (χ2n) is 4.26. The van der Waals surface area contributed by atoms with Crippen LogP contribution in [0.3, 0.4) is 0 Å². The second kappa shape index (κ2) is 5.75. The van der Waals surface area contributed by atoms with Crippen LogP contribution < -0.4 is 5.32 Å². The van der Waals surface area contributed by atoms with Crippen molar-refractivity contribution in [3.63, 3.8) is 0 Å². The highest BCUT2D eigenvalue weighted by atomic mass is 19.1. The summed E-state index contributed by atoms with van der Waals surface area (Å²) >= 11 is 0. The lowest BCUT2D eigenvalue weighted by atomic mass is 10.2. The van der Waals surface area contributed by atoms with Gasteiger partial charge in [-0.05, 0) is 25.1 Å². The highest BCUT2D eigenvalue weighted by molar-refractivity contribution is 5.27. The summed E-state index contributed by atoms with van der Waals surface area (Å²) in [7, 11) is 0. The molecule has 0 saturated carbocycles. The summed E-state index contributed by atoms with van der Waals surface area (Å²) in [4.78, 5) is 4.17. The van der Waals surface area contributed by atoms with Gasteiger partial charge in [0.15, 0.2) is 0 Å². The number of benzene rings is 1. The molecular weight excluding hydrogens is 250 g/mol. The summed E-state index contributed by atoms with van der Waals surface area (Å²) in [5.74, 6) is -1.09. The topological polar surface area (TPSA) is 45.1 Å². The molecule has 0 atom stereocenters. The molecule has 1 heterocycles. The molecule has 19 heavy (non-hydrogen) atoms. The van der Waals surface area contributed by atoms with E-state index in [0.717, 1.165) is 11.8 Å². The van der Waals surface area contributed by atoms with Crippen molar-refractivity contribution in [2.24, 2.45) is 0 Å². The standard InChI is InChI=1S/C14H14F2N2O/c1-9-2-5-14(19)13(18-9)8-17-7-10-3-4-11(15)6-12(10)16/h2-6,17,19H,7-8H2,1H3. The molecular formula is C14H14F2N2O. The second-order valence-corrected chi connectivity index (χ2v) is 4.26.